The van der Waals surface area contributed by atoms with Crippen molar-refractivity contribution in [3.63, 3.8) is 0 Å². The topological polar surface area (TPSA) is 79.0 Å². The van der Waals surface area contributed by atoms with Crippen LogP contribution < -0.4 is 10.6 Å². The molecule has 0 spiro atoms. The summed E-state index contributed by atoms with van der Waals surface area (Å²) < 4.78 is 5.31. The number of carbonyl (C=O) groups is 1. The third-order valence-corrected chi connectivity index (χ3v) is 3.03. The maximum atomic E-state index is 11.6. The Morgan fingerprint density at radius 3 is 2.81 bits per heavy atom. The molecule has 0 amide bonds. The van der Waals surface area contributed by atoms with E-state index in [4.69, 9.17) is 4.74 Å². The predicted molar refractivity (Wildman–Crippen MR) is 83.1 cm³/mol. The molecule has 1 aromatic heterocycles. The number of hydrogen-bond acceptors (Lipinski definition) is 5. The normalized spacial score (nSPS) is 11.9. The highest BCUT2D eigenvalue weighted by atomic mass is 16.5. The summed E-state index contributed by atoms with van der Waals surface area (Å²) in [7, 11) is 0. The average molecular weight is 296 g/mol. The second-order valence-electron chi connectivity index (χ2n) is 6.16. The van der Waals surface area contributed by atoms with Crippen LogP contribution in [0.1, 0.15) is 39.8 Å². The quantitative estimate of drug-likeness (QED) is 0.566. The number of imidazole rings is 1. The molecule has 0 fully saturated rings. The molecule has 0 radical (unpaired) electrons. The van der Waals surface area contributed by atoms with Crippen molar-refractivity contribution in [3.05, 3.63) is 18.2 Å². The van der Waals surface area contributed by atoms with Crippen LogP contribution in [-0.2, 0) is 16.0 Å². The summed E-state index contributed by atoms with van der Waals surface area (Å²) in [5.74, 6) is -0.161. The number of nitrogens with one attached hydrogen (secondary N) is 3. The van der Waals surface area contributed by atoms with Gasteiger partial charge in [0.2, 0.25) is 0 Å². The predicted octanol–water partition coefficient (Wildman–Crippen LogP) is 1.25. The van der Waals surface area contributed by atoms with Crippen LogP contribution in [0.3, 0.4) is 0 Å². The van der Waals surface area contributed by atoms with E-state index < -0.39 is 0 Å². The molecule has 21 heavy (non-hydrogen) atoms. The Morgan fingerprint density at radius 2 is 2.19 bits per heavy atom. The minimum absolute atomic E-state index is 0.161. The minimum atomic E-state index is -0.235. The van der Waals surface area contributed by atoms with Crippen molar-refractivity contribution < 1.29 is 9.53 Å². The molecule has 0 aromatic carbocycles. The Kier molecular flexibility index (Phi) is 7.39. The van der Waals surface area contributed by atoms with Gasteiger partial charge in [0.05, 0.1) is 12.7 Å². The molecular weight excluding hydrogens is 268 g/mol. The molecule has 0 unspecified atom stereocenters. The van der Waals surface area contributed by atoms with E-state index in [1.165, 1.54) is 0 Å². The summed E-state index contributed by atoms with van der Waals surface area (Å²) in [6.07, 6.45) is 4.77. The van der Waals surface area contributed by atoms with E-state index in [2.05, 4.69) is 34.4 Å². The van der Waals surface area contributed by atoms with E-state index in [0.29, 0.717) is 25.6 Å². The first-order valence-electron chi connectivity index (χ1n) is 7.50. The van der Waals surface area contributed by atoms with E-state index in [0.717, 1.165) is 18.7 Å². The van der Waals surface area contributed by atoms with Crippen LogP contribution in [0.25, 0.3) is 0 Å². The van der Waals surface area contributed by atoms with Crippen molar-refractivity contribution in [2.45, 2.75) is 52.1 Å². The number of carbonyl (C=O) groups excluding carboxylic acids is 1. The van der Waals surface area contributed by atoms with Crippen LogP contribution >= 0.6 is 0 Å². The smallest absolute Gasteiger partial charge is 0.307 e. The zero-order valence-electron chi connectivity index (χ0n) is 13.5. The summed E-state index contributed by atoms with van der Waals surface area (Å²) in [5, 5.41) is 6.58. The number of aromatic amines is 1. The number of esters is 1. The lowest BCUT2D eigenvalue weighted by molar-refractivity contribution is -0.145. The third-order valence-electron chi connectivity index (χ3n) is 3.03. The van der Waals surface area contributed by atoms with Gasteiger partial charge in [-0.15, -0.1) is 0 Å². The first-order chi connectivity index (χ1) is 9.89. The molecule has 0 atom stereocenters. The molecular formula is C15H28N4O2. The number of aromatic nitrogens is 2. The SMILES string of the molecule is CC(C)NCCC(=O)OCC(C)(C)NCCc1cnc[nH]1. The first kappa shape index (κ1) is 17.7. The minimum Gasteiger partial charge on any atom is -0.464 e. The lowest BCUT2D eigenvalue weighted by Crippen LogP contribution is -2.45. The van der Waals surface area contributed by atoms with Crippen molar-refractivity contribution in [3.8, 4) is 0 Å². The molecule has 0 aliphatic heterocycles. The van der Waals surface area contributed by atoms with Crippen LogP contribution in [0.15, 0.2) is 12.5 Å². The van der Waals surface area contributed by atoms with Crippen molar-refractivity contribution in [2.24, 2.45) is 0 Å². The van der Waals surface area contributed by atoms with Gasteiger partial charge in [0.15, 0.2) is 0 Å². The largest absolute Gasteiger partial charge is 0.464 e. The van der Waals surface area contributed by atoms with E-state index in [1.807, 2.05) is 20.0 Å². The van der Waals surface area contributed by atoms with E-state index in [1.54, 1.807) is 6.33 Å². The van der Waals surface area contributed by atoms with E-state index in [-0.39, 0.29) is 11.5 Å². The van der Waals surface area contributed by atoms with Gasteiger partial charge < -0.3 is 20.4 Å². The monoisotopic (exact) mass is 296 g/mol. The zero-order chi connectivity index (χ0) is 15.7. The highest BCUT2D eigenvalue weighted by Crippen LogP contribution is 2.04. The zero-order valence-corrected chi connectivity index (χ0v) is 13.5. The summed E-state index contributed by atoms with van der Waals surface area (Å²) in [5.41, 5.74) is 0.858. The molecule has 6 heteroatoms. The van der Waals surface area contributed by atoms with Gasteiger partial charge in [0.25, 0.3) is 0 Å². The average Bonchev–Trinajstić information content (AvgIpc) is 2.89. The number of rotatable bonds is 10. The van der Waals surface area contributed by atoms with Gasteiger partial charge in [-0.05, 0) is 13.8 Å². The summed E-state index contributed by atoms with van der Waals surface area (Å²) in [4.78, 5) is 18.7. The van der Waals surface area contributed by atoms with Gasteiger partial charge >= 0.3 is 5.97 Å². The Morgan fingerprint density at radius 1 is 1.43 bits per heavy atom. The van der Waals surface area contributed by atoms with Crippen LogP contribution in [0.4, 0.5) is 0 Å². The molecule has 6 nitrogen and oxygen atoms in total. The Balaban J connectivity index is 2.14. The molecule has 0 saturated heterocycles. The molecule has 0 bridgehead atoms. The van der Waals surface area contributed by atoms with Crippen molar-refractivity contribution >= 4 is 5.97 Å². The highest BCUT2D eigenvalue weighted by Gasteiger charge is 2.19. The standard InChI is InChI=1S/C15H28N4O2/c1-12(2)17-7-6-14(20)21-10-15(3,4)19-8-5-13-9-16-11-18-13/h9,11-12,17,19H,5-8,10H2,1-4H3,(H,16,18). The van der Waals surface area contributed by atoms with E-state index >= 15 is 0 Å². The van der Waals surface area contributed by atoms with Crippen molar-refractivity contribution in [2.75, 3.05) is 19.7 Å². The molecule has 1 heterocycles. The lowest BCUT2D eigenvalue weighted by atomic mass is 10.1. The van der Waals surface area contributed by atoms with Gasteiger partial charge in [-0.25, -0.2) is 4.98 Å². The summed E-state index contributed by atoms with van der Waals surface area (Å²) >= 11 is 0. The Bertz CT molecular complexity index is 402. The molecule has 0 saturated carbocycles. The van der Waals surface area contributed by atoms with Crippen molar-refractivity contribution in [1.82, 2.24) is 20.6 Å². The summed E-state index contributed by atoms with van der Waals surface area (Å²) in [6.45, 7) is 10.00. The Hall–Kier alpha value is -1.40. The van der Waals surface area contributed by atoms with Gasteiger partial charge in [0, 0.05) is 43.0 Å². The number of H-pyrrole nitrogens is 1. The molecule has 120 valence electrons. The van der Waals surface area contributed by atoms with Gasteiger partial charge in [0.1, 0.15) is 6.61 Å². The number of hydrogen-bond donors (Lipinski definition) is 3. The fraction of sp³-hybridized carbons (Fsp3) is 0.733. The maximum Gasteiger partial charge on any atom is 0.307 e. The van der Waals surface area contributed by atoms with Crippen LogP contribution in [0.2, 0.25) is 0 Å². The molecule has 0 aliphatic rings. The second-order valence-corrected chi connectivity index (χ2v) is 6.16. The fourth-order valence-electron chi connectivity index (χ4n) is 1.80. The van der Waals surface area contributed by atoms with E-state index in [9.17, 15) is 4.79 Å². The van der Waals surface area contributed by atoms with Crippen LogP contribution in [-0.4, -0.2) is 47.2 Å². The number of nitrogens with zero attached hydrogens (tertiary/aromatic N) is 1. The first-order valence-corrected chi connectivity index (χ1v) is 7.50. The second kappa shape index (κ2) is 8.79. The molecule has 3 N–H and O–H groups in total. The van der Waals surface area contributed by atoms with Crippen LogP contribution in [0.5, 0.6) is 0 Å². The molecule has 1 rings (SSSR count). The lowest BCUT2D eigenvalue weighted by Gasteiger charge is -2.25. The van der Waals surface area contributed by atoms with Gasteiger partial charge in [-0.3, -0.25) is 4.79 Å². The Labute approximate surface area is 127 Å². The number of ether oxygens (including phenoxy) is 1. The maximum absolute atomic E-state index is 11.6. The molecule has 1 aromatic rings. The van der Waals surface area contributed by atoms with Crippen molar-refractivity contribution in [1.29, 1.82) is 0 Å². The van der Waals surface area contributed by atoms with Crippen LogP contribution in [0, 0.1) is 0 Å². The highest BCUT2D eigenvalue weighted by molar-refractivity contribution is 5.69. The van der Waals surface area contributed by atoms with Gasteiger partial charge in [-0.1, -0.05) is 13.8 Å². The fourth-order valence-corrected chi connectivity index (χ4v) is 1.80. The molecule has 0 aliphatic carbocycles. The van der Waals surface area contributed by atoms with Gasteiger partial charge in [-0.2, -0.15) is 0 Å². The third kappa shape index (κ3) is 8.47. The summed E-state index contributed by atoms with van der Waals surface area (Å²) in [6, 6.07) is 0.387.